The maximum absolute atomic E-state index is 12.6. The maximum Gasteiger partial charge on any atom is 0.243 e. The third-order valence-electron chi connectivity index (χ3n) is 5.56. The number of carbonyl (C=O) groups is 1. The normalized spacial score (nSPS) is 27.3. The Bertz CT molecular complexity index is 761. The zero-order valence-corrected chi connectivity index (χ0v) is 13.7. The minimum atomic E-state index is -0.215. The Kier molecular flexibility index (Phi) is 2.74. The van der Waals surface area contributed by atoms with Crippen molar-refractivity contribution in [2.45, 2.75) is 31.8 Å². The van der Waals surface area contributed by atoms with Crippen molar-refractivity contribution in [1.29, 1.82) is 0 Å². The van der Waals surface area contributed by atoms with Crippen molar-refractivity contribution in [3.63, 3.8) is 0 Å². The number of amides is 1. The molecule has 4 nitrogen and oxygen atoms in total. The first-order valence-corrected chi connectivity index (χ1v) is 8.07. The molecule has 0 spiro atoms. The SMILES string of the molecule is CC(C)[C@@]12c3[nH]c4ccccc4c3CCN1C(=O)[C@H]2N(C)C. The van der Waals surface area contributed by atoms with Crippen molar-refractivity contribution < 1.29 is 4.79 Å². The van der Waals surface area contributed by atoms with Gasteiger partial charge >= 0.3 is 0 Å². The number of benzene rings is 1. The summed E-state index contributed by atoms with van der Waals surface area (Å²) in [6.07, 6.45) is 0.944. The zero-order valence-electron chi connectivity index (χ0n) is 13.7. The number of fused-ring (bicyclic) bond motifs is 5. The molecule has 3 heterocycles. The number of carbonyl (C=O) groups excluding carboxylic acids is 1. The van der Waals surface area contributed by atoms with Crippen LogP contribution in [0.15, 0.2) is 24.3 Å². The van der Waals surface area contributed by atoms with Crippen LogP contribution >= 0.6 is 0 Å². The molecule has 0 bridgehead atoms. The number of nitrogens with one attached hydrogen (secondary N) is 1. The molecule has 1 amide bonds. The number of para-hydroxylation sites is 1. The Morgan fingerprint density at radius 3 is 2.73 bits per heavy atom. The summed E-state index contributed by atoms with van der Waals surface area (Å²) < 4.78 is 0. The lowest BCUT2D eigenvalue weighted by Gasteiger charge is -2.63. The molecule has 2 atom stereocenters. The molecule has 0 saturated carbocycles. The van der Waals surface area contributed by atoms with Crippen LogP contribution in [0.25, 0.3) is 10.9 Å². The predicted molar refractivity (Wildman–Crippen MR) is 87.7 cm³/mol. The lowest BCUT2D eigenvalue weighted by Crippen LogP contribution is -2.79. The maximum atomic E-state index is 12.6. The van der Waals surface area contributed by atoms with Crippen LogP contribution in [-0.2, 0) is 16.8 Å². The predicted octanol–water partition coefficient (Wildman–Crippen LogP) is 2.35. The molecule has 1 aromatic heterocycles. The Hall–Kier alpha value is -1.81. The number of rotatable bonds is 2. The van der Waals surface area contributed by atoms with Crippen molar-refractivity contribution in [3.8, 4) is 0 Å². The molecule has 22 heavy (non-hydrogen) atoms. The zero-order chi connectivity index (χ0) is 15.6. The second-order valence-electron chi connectivity index (χ2n) is 7.11. The molecule has 1 saturated heterocycles. The van der Waals surface area contributed by atoms with E-state index in [0.717, 1.165) is 13.0 Å². The van der Waals surface area contributed by atoms with Gasteiger partial charge in [-0.2, -0.15) is 0 Å². The first-order chi connectivity index (χ1) is 10.5. The van der Waals surface area contributed by atoms with Gasteiger partial charge in [-0.1, -0.05) is 32.0 Å². The minimum Gasteiger partial charge on any atom is -0.356 e. The van der Waals surface area contributed by atoms with E-state index in [9.17, 15) is 4.79 Å². The highest BCUT2D eigenvalue weighted by Crippen LogP contribution is 2.53. The average Bonchev–Trinajstić information content (AvgIpc) is 2.83. The van der Waals surface area contributed by atoms with Gasteiger partial charge in [0, 0.05) is 23.1 Å². The molecule has 4 heteroatoms. The molecule has 2 aliphatic rings. The molecular formula is C18H23N3O. The van der Waals surface area contributed by atoms with Gasteiger partial charge in [-0.25, -0.2) is 0 Å². The van der Waals surface area contributed by atoms with E-state index in [1.807, 2.05) is 14.1 Å². The number of H-pyrrole nitrogens is 1. The summed E-state index contributed by atoms with van der Waals surface area (Å²) in [4.78, 5) is 20.5. The molecule has 4 rings (SSSR count). The van der Waals surface area contributed by atoms with Crippen LogP contribution in [0.1, 0.15) is 25.1 Å². The van der Waals surface area contributed by atoms with Gasteiger partial charge in [-0.05, 0) is 38.1 Å². The number of β-lactam (4-membered cyclic amide) rings is 1. The summed E-state index contributed by atoms with van der Waals surface area (Å²) in [6, 6.07) is 8.43. The monoisotopic (exact) mass is 297 g/mol. The van der Waals surface area contributed by atoms with E-state index in [1.54, 1.807) is 0 Å². The van der Waals surface area contributed by atoms with E-state index in [-0.39, 0.29) is 17.5 Å². The highest BCUT2D eigenvalue weighted by Gasteiger charge is 2.66. The quantitative estimate of drug-likeness (QED) is 0.864. The Labute approximate surface area is 131 Å². The second kappa shape index (κ2) is 4.35. The van der Waals surface area contributed by atoms with Crippen molar-refractivity contribution in [1.82, 2.24) is 14.8 Å². The van der Waals surface area contributed by atoms with Crippen molar-refractivity contribution in [3.05, 3.63) is 35.5 Å². The van der Waals surface area contributed by atoms with E-state index < -0.39 is 0 Å². The fourth-order valence-electron chi connectivity index (χ4n) is 4.72. The summed E-state index contributed by atoms with van der Waals surface area (Å²) >= 11 is 0. The van der Waals surface area contributed by atoms with Gasteiger partial charge < -0.3 is 9.88 Å². The van der Waals surface area contributed by atoms with Crippen molar-refractivity contribution in [2.24, 2.45) is 5.92 Å². The van der Waals surface area contributed by atoms with Crippen molar-refractivity contribution >= 4 is 16.8 Å². The van der Waals surface area contributed by atoms with Gasteiger partial charge in [0.05, 0.1) is 0 Å². The van der Waals surface area contributed by atoms with Gasteiger partial charge in [0.2, 0.25) is 5.91 Å². The number of aromatic amines is 1. The van der Waals surface area contributed by atoms with Crippen molar-refractivity contribution in [2.75, 3.05) is 20.6 Å². The first-order valence-electron chi connectivity index (χ1n) is 8.07. The number of hydrogen-bond donors (Lipinski definition) is 1. The molecule has 1 aromatic carbocycles. The molecule has 2 aromatic rings. The van der Waals surface area contributed by atoms with Crippen LogP contribution in [0.2, 0.25) is 0 Å². The van der Waals surface area contributed by atoms with Gasteiger partial charge in [-0.15, -0.1) is 0 Å². The third kappa shape index (κ3) is 1.39. The smallest absolute Gasteiger partial charge is 0.243 e. The van der Waals surface area contributed by atoms with E-state index >= 15 is 0 Å². The molecule has 1 N–H and O–H groups in total. The van der Waals surface area contributed by atoms with Crippen LogP contribution in [0, 0.1) is 5.92 Å². The largest absolute Gasteiger partial charge is 0.356 e. The van der Waals surface area contributed by atoms with E-state index in [2.05, 4.69) is 52.9 Å². The summed E-state index contributed by atoms with van der Waals surface area (Å²) in [7, 11) is 4.03. The highest BCUT2D eigenvalue weighted by atomic mass is 16.2. The van der Waals surface area contributed by atoms with Gasteiger partial charge in [0.15, 0.2) is 0 Å². The lowest BCUT2D eigenvalue weighted by molar-refractivity contribution is -0.185. The topological polar surface area (TPSA) is 39.3 Å². The van der Waals surface area contributed by atoms with E-state index in [0.29, 0.717) is 5.92 Å². The molecule has 0 unspecified atom stereocenters. The molecule has 0 aliphatic carbocycles. The Morgan fingerprint density at radius 2 is 2.05 bits per heavy atom. The second-order valence-corrected chi connectivity index (χ2v) is 7.11. The standard InChI is InChI=1S/C18H23N3O/c1-11(2)18-15-13(12-7-5-6-8-14(12)19-15)9-10-21(18)17(22)16(18)20(3)4/h5-8,11,16,19H,9-10H2,1-4H3/t16-,18+/m1/s1. The van der Waals surface area contributed by atoms with Gasteiger partial charge in [0.1, 0.15) is 11.6 Å². The van der Waals surface area contributed by atoms with E-state index in [1.165, 1.54) is 22.2 Å². The first kappa shape index (κ1) is 13.8. The Balaban J connectivity index is 2.00. The van der Waals surface area contributed by atoms with Gasteiger partial charge in [-0.3, -0.25) is 9.69 Å². The molecule has 1 fully saturated rings. The molecule has 0 radical (unpaired) electrons. The summed E-state index contributed by atoms with van der Waals surface area (Å²) in [6.45, 7) is 5.29. The summed E-state index contributed by atoms with van der Waals surface area (Å²) in [5, 5.41) is 1.31. The highest BCUT2D eigenvalue weighted by molar-refractivity contribution is 5.95. The molecular weight excluding hydrogens is 274 g/mol. The minimum absolute atomic E-state index is 0.0698. The number of nitrogens with zero attached hydrogens (tertiary/aromatic N) is 2. The summed E-state index contributed by atoms with van der Waals surface area (Å²) in [5.74, 6) is 0.632. The number of aromatic nitrogens is 1. The fourth-order valence-corrected chi connectivity index (χ4v) is 4.72. The number of likely N-dealkylation sites (N-methyl/N-ethyl adjacent to an activating group) is 1. The molecule has 116 valence electrons. The van der Waals surface area contributed by atoms with Crippen LogP contribution in [-0.4, -0.2) is 47.4 Å². The van der Waals surface area contributed by atoms with Crippen LogP contribution in [0.5, 0.6) is 0 Å². The lowest BCUT2D eigenvalue weighted by atomic mass is 9.64. The van der Waals surface area contributed by atoms with Gasteiger partial charge in [0.25, 0.3) is 0 Å². The van der Waals surface area contributed by atoms with Crippen LogP contribution in [0.3, 0.4) is 0 Å². The fraction of sp³-hybridized carbons (Fsp3) is 0.500. The average molecular weight is 297 g/mol. The summed E-state index contributed by atoms with van der Waals surface area (Å²) in [5.41, 5.74) is 3.63. The Morgan fingerprint density at radius 1 is 1.32 bits per heavy atom. The third-order valence-corrected chi connectivity index (χ3v) is 5.56. The van der Waals surface area contributed by atoms with Crippen LogP contribution in [0.4, 0.5) is 0 Å². The van der Waals surface area contributed by atoms with Crippen LogP contribution < -0.4 is 0 Å². The van der Waals surface area contributed by atoms with E-state index in [4.69, 9.17) is 0 Å². The number of hydrogen-bond acceptors (Lipinski definition) is 2. The molecule has 2 aliphatic heterocycles.